The Morgan fingerprint density at radius 3 is 2.93 bits per heavy atom. The Hall–Kier alpha value is -0.860. The van der Waals surface area contributed by atoms with Crippen LogP contribution in [0.4, 0.5) is 0 Å². The fourth-order valence-electron chi connectivity index (χ4n) is 2.59. The number of rotatable bonds is 3. The first-order chi connectivity index (χ1) is 7.26. The largest absolute Gasteiger partial charge is 0.380 e. The van der Waals surface area contributed by atoms with Gasteiger partial charge in [-0.05, 0) is 36.1 Å². The van der Waals surface area contributed by atoms with Gasteiger partial charge in [0.25, 0.3) is 0 Å². The lowest BCUT2D eigenvalue weighted by Gasteiger charge is -2.15. The van der Waals surface area contributed by atoms with Crippen LogP contribution in [-0.4, -0.2) is 14.2 Å². The van der Waals surface area contributed by atoms with E-state index in [-0.39, 0.29) is 0 Å². The Bertz CT molecular complexity index is 348. The Kier molecular flexibility index (Phi) is 3.08. The van der Waals surface area contributed by atoms with E-state index < -0.39 is 0 Å². The van der Waals surface area contributed by atoms with Gasteiger partial charge in [-0.1, -0.05) is 25.1 Å². The van der Waals surface area contributed by atoms with Gasteiger partial charge in [0.05, 0.1) is 6.61 Å². The number of fused-ring (bicyclic) bond motifs is 1. The van der Waals surface area contributed by atoms with Gasteiger partial charge in [-0.3, -0.25) is 0 Å². The summed E-state index contributed by atoms with van der Waals surface area (Å²) in [5.74, 6) is 0.697. The van der Waals surface area contributed by atoms with E-state index in [0.29, 0.717) is 18.6 Å². The number of hydrogen-bond acceptors (Lipinski definition) is 2. The third-order valence-corrected chi connectivity index (χ3v) is 3.28. The average Bonchev–Trinajstić information content (AvgIpc) is 2.53. The predicted octanol–water partition coefficient (Wildman–Crippen LogP) is 2.29. The quantitative estimate of drug-likeness (QED) is 0.817. The number of hydrogen-bond donors (Lipinski definition) is 1. The normalized spacial score (nSPS) is 24.2. The van der Waals surface area contributed by atoms with Crippen molar-refractivity contribution in [3.63, 3.8) is 0 Å². The standard InChI is InChI=1S/C13H19NO/c1-9-6-11-5-4-10(8-15-3)7-12(11)13(9)14-2/h4-5,7,9,13-14H,6,8H2,1-3H3. The van der Waals surface area contributed by atoms with Crippen LogP contribution in [0.15, 0.2) is 18.2 Å². The highest BCUT2D eigenvalue weighted by molar-refractivity contribution is 5.38. The number of methoxy groups -OCH3 is 1. The van der Waals surface area contributed by atoms with E-state index in [1.807, 2.05) is 7.05 Å². The van der Waals surface area contributed by atoms with E-state index >= 15 is 0 Å². The van der Waals surface area contributed by atoms with Gasteiger partial charge < -0.3 is 10.1 Å². The topological polar surface area (TPSA) is 21.3 Å². The summed E-state index contributed by atoms with van der Waals surface area (Å²) in [4.78, 5) is 0. The molecule has 2 unspecified atom stereocenters. The van der Waals surface area contributed by atoms with E-state index in [4.69, 9.17) is 4.74 Å². The van der Waals surface area contributed by atoms with Crippen molar-refractivity contribution in [2.45, 2.75) is 26.0 Å². The van der Waals surface area contributed by atoms with Crippen LogP contribution < -0.4 is 5.32 Å². The van der Waals surface area contributed by atoms with Gasteiger partial charge in [-0.2, -0.15) is 0 Å². The first-order valence-electron chi connectivity index (χ1n) is 5.54. The van der Waals surface area contributed by atoms with Crippen molar-refractivity contribution >= 4 is 0 Å². The van der Waals surface area contributed by atoms with E-state index in [0.717, 1.165) is 0 Å². The monoisotopic (exact) mass is 205 g/mol. The van der Waals surface area contributed by atoms with Gasteiger partial charge in [0, 0.05) is 13.2 Å². The third kappa shape index (κ3) is 1.92. The molecule has 0 saturated carbocycles. The van der Waals surface area contributed by atoms with Crippen molar-refractivity contribution in [2.24, 2.45) is 5.92 Å². The first-order valence-corrected chi connectivity index (χ1v) is 5.54. The highest BCUT2D eigenvalue weighted by Gasteiger charge is 2.27. The molecule has 1 aromatic rings. The smallest absolute Gasteiger partial charge is 0.0713 e. The minimum Gasteiger partial charge on any atom is -0.380 e. The molecule has 1 aliphatic rings. The summed E-state index contributed by atoms with van der Waals surface area (Å²) in [5.41, 5.74) is 4.21. The first kappa shape index (κ1) is 10.7. The van der Waals surface area contributed by atoms with E-state index in [1.54, 1.807) is 7.11 Å². The molecule has 0 bridgehead atoms. The maximum atomic E-state index is 5.16. The lowest BCUT2D eigenvalue weighted by Crippen LogP contribution is -2.19. The molecule has 1 aromatic carbocycles. The van der Waals surface area contributed by atoms with E-state index in [1.165, 1.54) is 23.1 Å². The molecule has 0 aromatic heterocycles. The highest BCUT2D eigenvalue weighted by Crippen LogP contribution is 2.36. The summed E-state index contributed by atoms with van der Waals surface area (Å²) in [5, 5.41) is 3.40. The van der Waals surface area contributed by atoms with E-state index in [9.17, 15) is 0 Å². The summed E-state index contributed by atoms with van der Waals surface area (Å²) < 4.78 is 5.16. The van der Waals surface area contributed by atoms with Gasteiger partial charge >= 0.3 is 0 Å². The van der Waals surface area contributed by atoms with Crippen LogP contribution in [0.25, 0.3) is 0 Å². The summed E-state index contributed by atoms with van der Waals surface area (Å²) in [6, 6.07) is 7.21. The number of ether oxygens (including phenoxy) is 1. The molecule has 1 N–H and O–H groups in total. The molecule has 0 heterocycles. The van der Waals surface area contributed by atoms with Crippen LogP contribution >= 0.6 is 0 Å². The summed E-state index contributed by atoms with van der Waals surface area (Å²) in [6.07, 6.45) is 1.19. The minimum atomic E-state index is 0.511. The van der Waals surface area contributed by atoms with Crippen LogP contribution in [0, 0.1) is 5.92 Å². The Labute approximate surface area is 91.6 Å². The van der Waals surface area contributed by atoms with Crippen LogP contribution in [-0.2, 0) is 17.8 Å². The minimum absolute atomic E-state index is 0.511. The number of nitrogens with one attached hydrogen (secondary N) is 1. The van der Waals surface area contributed by atoms with Crippen molar-refractivity contribution in [3.8, 4) is 0 Å². The highest BCUT2D eigenvalue weighted by atomic mass is 16.5. The van der Waals surface area contributed by atoms with Crippen LogP contribution in [0.3, 0.4) is 0 Å². The van der Waals surface area contributed by atoms with Crippen LogP contribution in [0.5, 0.6) is 0 Å². The second-order valence-corrected chi connectivity index (χ2v) is 4.41. The maximum absolute atomic E-state index is 5.16. The van der Waals surface area contributed by atoms with Gasteiger partial charge in [0.1, 0.15) is 0 Å². The average molecular weight is 205 g/mol. The van der Waals surface area contributed by atoms with Gasteiger partial charge in [-0.15, -0.1) is 0 Å². The molecule has 0 amide bonds. The number of benzene rings is 1. The molecule has 2 nitrogen and oxygen atoms in total. The van der Waals surface area contributed by atoms with Crippen molar-refractivity contribution in [2.75, 3.05) is 14.2 Å². The van der Waals surface area contributed by atoms with Crippen molar-refractivity contribution in [3.05, 3.63) is 34.9 Å². The molecule has 2 atom stereocenters. The summed E-state index contributed by atoms with van der Waals surface area (Å²) in [6.45, 7) is 3.01. The molecule has 1 aliphatic carbocycles. The molecule has 0 radical (unpaired) electrons. The molecular weight excluding hydrogens is 186 g/mol. The van der Waals surface area contributed by atoms with Gasteiger partial charge in [0.15, 0.2) is 0 Å². The van der Waals surface area contributed by atoms with Gasteiger partial charge in [0.2, 0.25) is 0 Å². The maximum Gasteiger partial charge on any atom is 0.0713 e. The molecule has 82 valence electrons. The molecule has 2 heteroatoms. The zero-order chi connectivity index (χ0) is 10.8. The molecule has 15 heavy (non-hydrogen) atoms. The Morgan fingerprint density at radius 1 is 1.47 bits per heavy atom. The Morgan fingerprint density at radius 2 is 2.27 bits per heavy atom. The van der Waals surface area contributed by atoms with Crippen molar-refractivity contribution < 1.29 is 4.74 Å². The molecule has 0 fully saturated rings. The lowest BCUT2D eigenvalue weighted by molar-refractivity contribution is 0.185. The van der Waals surface area contributed by atoms with Gasteiger partial charge in [-0.25, -0.2) is 0 Å². The molecule has 2 rings (SSSR count). The fourth-order valence-corrected chi connectivity index (χ4v) is 2.59. The Balaban J connectivity index is 2.31. The van der Waals surface area contributed by atoms with Crippen LogP contribution in [0.2, 0.25) is 0 Å². The predicted molar refractivity (Wildman–Crippen MR) is 61.8 cm³/mol. The molecule has 0 saturated heterocycles. The van der Waals surface area contributed by atoms with Crippen LogP contribution in [0.1, 0.15) is 29.7 Å². The van der Waals surface area contributed by atoms with E-state index in [2.05, 4.69) is 30.4 Å². The second-order valence-electron chi connectivity index (χ2n) is 4.41. The SMILES string of the molecule is CNC1c2cc(COC)ccc2CC1C. The molecule has 0 spiro atoms. The van der Waals surface area contributed by atoms with Crippen molar-refractivity contribution in [1.29, 1.82) is 0 Å². The molecular formula is C13H19NO. The zero-order valence-corrected chi connectivity index (χ0v) is 9.71. The molecule has 0 aliphatic heterocycles. The van der Waals surface area contributed by atoms with Crippen molar-refractivity contribution in [1.82, 2.24) is 5.32 Å². The second kappa shape index (κ2) is 4.33. The summed E-state index contributed by atoms with van der Waals surface area (Å²) in [7, 11) is 3.78. The third-order valence-electron chi connectivity index (χ3n) is 3.28. The fraction of sp³-hybridized carbons (Fsp3) is 0.538. The summed E-state index contributed by atoms with van der Waals surface area (Å²) >= 11 is 0. The zero-order valence-electron chi connectivity index (χ0n) is 9.71. The lowest BCUT2D eigenvalue weighted by atomic mass is 10.0.